The summed E-state index contributed by atoms with van der Waals surface area (Å²) in [6, 6.07) is 4.27. The maximum atomic E-state index is 5.80. The zero-order valence-electron chi connectivity index (χ0n) is 16.8. The number of hydrogen-bond acceptors (Lipinski definition) is 4. The summed E-state index contributed by atoms with van der Waals surface area (Å²) in [5.41, 5.74) is 1.54. The Hall–Kier alpha value is -1.82. The van der Waals surface area contributed by atoms with Gasteiger partial charge in [-0.2, -0.15) is 0 Å². The smallest absolute Gasteiger partial charge is 0.193 e. The average molecular weight is 360 g/mol. The number of nitrogens with zero attached hydrogens (tertiary/aromatic N) is 4. The van der Waals surface area contributed by atoms with Crippen LogP contribution in [-0.2, 0) is 11.3 Å². The third-order valence-electron chi connectivity index (χ3n) is 5.19. The van der Waals surface area contributed by atoms with E-state index >= 15 is 0 Å². The Morgan fingerprint density at radius 1 is 1.31 bits per heavy atom. The SMILES string of the molecule is CN=C(NCc1ccc(N2CC(C)OC(C)C2)nc1)N1CCC(C)(C)C1. The fraction of sp³-hybridized carbons (Fsp3) is 0.700. The van der Waals surface area contributed by atoms with Crippen LogP contribution in [-0.4, -0.2) is 61.3 Å². The fourth-order valence-corrected chi connectivity index (χ4v) is 3.88. The van der Waals surface area contributed by atoms with Crippen LogP contribution in [0.4, 0.5) is 5.82 Å². The molecule has 0 aliphatic carbocycles. The summed E-state index contributed by atoms with van der Waals surface area (Å²) in [6.45, 7) is 13.5. The molecule has 0 radical (unpaired) electrons. The van der Waals surface area contributed by atoms with E-state index in [4.69, 9.17) is 4.74 Å². The van der Waals surface area contributed by atoms with Gasteiger partial charge < -0.3 is 19.9 Å². The van der Waals surface area contributed by atoms with E-state index in [1.165, 1.54) is 12.0 Å². The molecule has 3 heterocycles. The lowest BCUT2D eigenvalue weighted by Crippen LogP contribution is -2.45. The van der Waals surface area contributed by atoms with Crippen LogP contribution < -0.4 is 10.2 Å². The van der Waals surface area contributed by atoms with Crippen molar-refractivity contribution in [3.8, 4) is 0 Å². The number of aliphatic imine (C=N–C) groups is 1. The molecular weight excluding hydrogens is 326 g/mol. The van der Waals surface area contributed by atoms with Crippen LogP contribution >= 0.6 is 0 Å². The van der Waals surface area contributed by atoms with E-state index in [0.717, 1.165) is 44.5 Å². The molecule has 2 aliphatic heterocycles. The number of aromatic nitrogens is 1. The van der Waals surface area contributed by atoms with Crippen LogP contribution in [0.2, 0.25) is 0 Å². The number of morpholine rings is 1. The number of ether oxygens (including phenoxy) is 1. The molecule has 26 heavy (non-hydrogen) atoms. The first-order chi connectivity index (χ1) is 12.4. The monoisotopic (exact) mass is 359 g/mol. The highest BCUT2D eigenvalue weighted by Crippen LogP contribution is 2.28. The summed E-state index contributed by atoms with van der Waals surface area (Å²) in [7, 11) is 1.86. The van der Waals surface area contributed by atoms with Crippen LogP contribution in [0.15, 0.2) is 23.3 Å². The maximum Gasteiger partial charge on any atom is 0.193 e. The zero-order valence-corrected chi connectivity index (χ0v) is 16.8. The Morgan fingerprint density at radius 2 is 2.04 bits per heavy atom. The predicted molar refractivity (Wildman–Crippen MR) is 107 cm³/mol. The van der Waals surface area contributed by atoms with Crippen molar-refractivity contribution in [2.75, 3.05) is 38.1 Å². The minimum atomic E-state index is 0.245. The van der Waals surface area contributed by atoms with E-state index in [1.807, 2.05) is 13.2 Å². The van der Waals surface area contributed by atoms with Crippen molar-refractivity contribution in [3.63, 3.8) is 0 Å². The minimum Gasteiger partial charge on any atom is -0.372 e. The highest BCUT2D eigenvalue weighted by Gasteiger charge is 2.30. The molecule has 1 aromatic heterocycles. The van der Waals surface area contributed by atoms with Crippen molar-refractivity contribution >= 4 is 11.8 Å². The second-order valence-electron chi connectivity index (χ2n) is 8.42. The van der Waals surface area contributed by atoms with Gasteiger partial charge in [-0.3, -0.25) is 4.99 Å². The Morgan fingerprint density at radius 3 is 2.58 bits per heavy atom. The van der Waals surface area contributed by atoms with Crippen molar-refractivity contribution in [1.82, 2.24) is 15.2 Å². The number of nitrogens with one attached hydrogen (secondary N) is 1. The Bertz CT molecular complexity index is 618. The van der Waals surface area contributed by atoms with Crippen molar-refractivity contribution in [1.29, 1.82) is 0 Å². The number of anilines is 1. The molecular formula is C20H33N5O. The lowest BCUT2D eigenvalue weighted by Gasteiger charge is -2.36. The van der Waals surface area contributed by atoms with Gasteiger partial charge >= 0.3 is 0 Å². The number of guanidine groups is 1. The zero-order chi connectivity index (χ0) is 18.7. The van der Waals surface area contributed by atoms with Gasteiger partial charge in [-0.25, -0.2) is 4.98 Å². The summed E-state index contributed by atoms with van der Waals surface area (Å²) in [4.78, 5) is 13.8. The molecule has 2 atom stereocenters. The van der Waals surface area contributed by atoms with Gasteiger partial charge in [0.1, 0.15) is 5.82 Å². The first-order valence-corrected chi connectivity index (χ1v) is 9.67. The second kappa shape index (κ2) is 7.82. The summed E-state index contributed by atoms with van der Waals surface area (Å²) in [5, 5.41) is 3.48. The van der Waals surface area contributed by atoms with Crippen LogP contribution in [0.3, 0.4) is 0 Å². The van der Waals surface area contributed by atoms with Crippen LogP contribution in [0.5, 0.6) is 0 Å². The molecule has 2 fully saturated rings. The molecule has 0 spiro atoms. The molecule has 6 nitrogen and oxygen atoms in total. The van der Waals surface area contributed by atoms with Gasteiger partial charge in [0, 0.05) is 46.0 Å². The molecule has 1 N–H and O–H groups in total. The summed E-state index contributed by atoms with van der Waals surface area (Å²) in [5.74, 6) is 2.01. The third kappa shape index (κ3) is 4.67. The molecule has 0 saturated carbocycles. The van der Waals surface area contributed by atoms with Crippen LogP contribution in [0, 0.1) is 5.41 Å². The van der Waals surface area contributed by atoms with Crippen molar-refractivity contribution < 1.29 is 4.74 Å². The molecule has 0 aromatic carbocycles. The number of pyridine rings is 1. The number of likely N-dealkylation sites (tertiary alicyclic amines) is 1. The normalized spacial score (nSPS) is 26.3. The highest BCUT2D eigenvalue weighted by atomic mass is 16.5. The van der Waals surface area contributed by atoms with Gasteiger partial charge in [0.15, 0.2) is 5.96 Å². The molecule has 0 amide bonds. The van der Waals surface area contributed by atoms with E-state index in [0.29, 0.717) is 5.41 Å². The van der Waals surface area contributed by atoms with E-state index in [9.17, 15) is 0 Å². The van der Waals surface area contributed by atoms with Gasteiger partial charge in [-0.05, 0) is 37.3 Å². The molecule has 2 saturated heterocycles. The van der Waals surface area contributed by atoms with Gasteiger partial charge in [0.05, 0.1) is 12.2 Å². The first kappa shape index (κ1) is 19.0. The Balaban J connectivity index is 1.56. The number of hydrogen-bond donors (Lipinski definition) is 1. The largest absolute Gasteiger partial charge is 0.372 e. The third-order valence-corrected chi connectivity index (χ3v) is 5.19. The van der Waals surface area contributed by atoms with E-state index in [1.54, 1.807) is 0 Å². The van der Waals surface area contributed by atoms with Crippen molar-refractivity contribution in [2.45, 2.75) is 52.9 Å². The molecule has 2 aliphatic rings. The summed E-state index contributed by atoms with van der Waals surface area (Å²) >= 11 is 0. The quantitative estimate of drug-likeness (QED) is 0.664. The van der Waals surface area contributed by atoms with Crippen molar-refractivity contribution in [3.05, 3.63) is 23.9 Å². The van der Waals surface area contributed by atoms with E-state index in [2.05, 4.69) is 64.9 Å². The maximum absolute atomic E-state index is 5.80. The van der Waals surface area contributed by atoms with Gasteiger partial charge in [-0.15, -0.1) is 0 Å². The average Bonchev–Trinajstić information content (AvgIpc) is 2.95. The lowest BCUT2D eigenvalue weighted by molar-refractivity contribution is -0.00545. The van der Waals surface area contributed by atoms with E-state index in [-0.39, 0.29) is 12.2 Å². The molecule has 6 heteroatoms. The molecule has 3 rings (SSSR count). The van der Waals surface area contributed by atoms with Gasteiger partial charge in [-0.1, -0.05) is 19.9 Å². The number of rotatable bonds is 3. The van der Waals surface area contributed by atoms with E-state index < -0.39 is 0 Å². The first-order valence-electron chi connectivity index (χ1n) is 9.67. The molecule has 144 valence electrons. The van der Waals surface area contributed by atoms with Gasteiger partial charge in [0.2, 0.25) is 0 Å². The second-order valence-corrected chi connectivity index (χ2v) is 8.42. The van der Waals surface area contributed by atoms with Gasteiger partial charge in [0.25, 0.3) is 0 Å². The Kier molecular flexibility index (Phi) is 5.70. The minimum absolute atomic E-state index is 0.245. The summed E-state index contributed by atoms with van der Waals surface area (Å²) < 4.78 is 5.80. The van der Waals surface area contributed by atoms with Crippen LogP contribution in [0.1, 0.15) is 39.7 Å². The van der Waals surface area contributed by atoms with Crippen molar-refractivity contribution in [2.24, 2.45) is 10.4 Å². The standard InChI is InChI=1S/C20H33N5O/c1-15-12-25(13-16(2)26-15)18-7-6-17(10-22-18)11-23-19(21-5)24-9-8-20(3,4)14-24/h6-7,10,15-16H,8-9,11-14H2,1-5H3,(H,21,23). The fourth-order valence-electron chi connectivity index (χ4n) is 3.88. The Labute approximate surface area is 157 Å². The molecule has 0 bridgehead atoms. The molecule has 2 unspecified atom stereocenters. The van der Waals surface area contributed by atoms with Crippen LogP contribution in [0.25, 0.3) is 0 Å². The topological polar surface area (TPSA) is 53.0 Å². The lowest BCUT2D eigenvalue weighted by atomic mass is 9.93. The summed E-state index contributed by atoms with van der Waals surface area (Å²) in [6.07, 6.45) is 3.67. The molecule has 1 aromatic rings. The predicted octanol–water partition coefficient (Wildman–Crippen LogP) is 2.50. The highest BCUT2D eigenvalue weighted by molar-refractivity contribution is 5.80.